The molecule has 0 fully saturated rings. The number of aryl methyl sites for hydroxylation is 1. The lowest BCUT2D eigenvalue weighted by atomic mass is 10.2. The van der Waals surface area contributed by atoms with E-state index in [-0.39, 0.29) is 5.56 Å². The van der Waals surface area contributed by atoms with Crippen LogP contribution in [0.4, 0.5) is 0 Å². The maximum absolute atomic E-state index is 12.2. The van der Waals surface area contributed by atoms with Gasteiger partial charge in [-0.05, 0) is 19.1 Å². The molecule has 1 aliphatic heterocycles. The Balaban J connectivity index is 1.29. The Morgan fingerprint density at radius 3 is 3.04 bits per heavy atom. The van der Waals surface area contributed by atoms with Crippen LogP contribution in [0, 0.1) is 6.92 Å². The number of ether oxygens (including phenoxy) is 2. The first-order valence-corrected chi connectivity index (χ1v) is 10.4. The van der Waals surface area contributed by atoms with Crippen LogP contribution in [-0.4, -0.2) is 26.2 Å². The molecule has 10 heteroatoms. The molecule has 1 unspecified atom stereocenters. The number of fused-ring (bicyclic) bond motifs is 2. The van der Waals surface area contributed by atoms with Crippen LogP contribution in [0.2, 0.25) is 0 Å². The molecule has 8 nitrogen and oxygen atoms in total. The van der Waals surface area contributed by atoms with Crippen molar-refractivity contribution in [2.45, 2.75) is 24.0 Å². The number of benzene rings is 1. The van der Waals surface area contributed by atoms with E-state index in [1.165, 1.54) is 29.2 Å². The molecule has 1 atom stereocenters. The van der Waals surface area contributed by atoms with Crippen LogP contribution in [0.1, 0.15) is 23.4 Å². The molecule has 4 aromatic rings. The maximum atomic E-state index is 12.2. The average Bonchev–Trinajstić information content (AvgIpc) is 3.33. The van der Waals surface area contributed by atoms with Crippen molar-refractivity contribution in [1.29, 1.82) is 0 Å². The van der Waals surface area contributed by atoms with Crippen molar-refractivity contribution < 1.29 is 13.9 Å². The average molecular weight is 414 g/mol. The summed E-state index contributed by atoms with van der Waals surface area (Å²) in [5, 5.41) is 10.4. The number of hydrogen-bond acceptors (Lipinski definition) is 9. The number of hydrogen-bond donors (Lipinski definition) is 0. The molecule has 0 N–H and O–H groups in total. The summed E-state index contributed by atoms with van der Waals surface area (Å²) in [4.78, 5) is 17.4. The summed E-state index contributed by atoms with van der Waals surface area (Å²) < 4.78 is 18.9. The van der Waals surface area contributed by atoms with Gasteiger partial charge in [-0.1, -0.05) is 23.9 Å². The molecule has 5 rings (SSSR count). The van der Waals surface area contributed by atoms with Crippen LogP contribution in [0.5, 0.6) is 11.5 Å². The summed E-state index contributed by atoms with van der Waals surface area (Å²) in [6, 6.07) is 8.98. The van der Waals surface area contributed by atoms with E-state index < -0.39 is 6.10 Å². The van der Waals surface area contributed by atoms with Crippen molar-refractivity contribution in [1.82, 2.24) is 19.6 Å². The van der Waals surface area contributed by atoms with Crippen LogP contribution in [-0.2, 0) is 5.75 Å². The Kier molecular flexibility index (Phi) is 4.29. The second-order valence-corrected chi connectivity index (χ2v) is 7.90. The van der Waals surface area contributed by atoms with Gasteiger partial charge in [0.25, 0.3) is 16.7 Å². The van der Waals surface area contributed by atoms with E-state index in [1.54, 1.807) is 4.40 Å². The molecule has 1 aromatic carbocycles. The van der Waals surface area contributed by atoms with Gasteiger partial charge in [0.2, 0.25) is 6.10 Å². The van der Waals surface area contributed by atoms with E-state index >= 15 is 0 Å². The van der Waals surface area contributed by atoms with Gasteiger partial charge in [-0.15, -0.1) is 21.5 Å². The van der Waals surface area contributed by atoms with E-state index in [4.69, 9.17) is 13.9 Å². The number of thiazole rings is 1. The highest BCUT2D eigenvalue weighted by molar-refractivity contribution is 7.98. The maximum Gasteiger partial charge on any atom is 0.277 e. The van der Waals surface area contributed by atoms with Gasteiger partial charge >= 0.3 is 0 Å². The first kappa shape index (κ1) is 17.3. The van der Waals surface area contributed by atoms with Gasteiger partial charge in [0.1, 0.15) is 6.61 Å². The molecule has 0 aliphatic carbocycles. The highest BCUT2D eigenvalue weighted by atomic mass is 32.2. The molecule has 0 saturated heterocycles. The van der Waals surface area contributed by atoms with Crippen molar-refractivity contribution in [3.05, 3.63) is 63.3 Å². The van der Waals surface area contributed by atoms with Gasteiger partial charge in [-0.25, -0.2) is 4.98 Å². The van der Waals surface area contributed by atoms with Crippen LogP contribution in [0.3, 0.4) is 0 Å². The SMILES string of the molecule is Cc1csc2nc(CSc3nnc(C4COc5ccccc5O4)o3)cc(=O)n12. The molecular formula is C18H14N4O4S2. The molecule has 4 heterocycles. The van der Waals surface area contributed by atoms with Gasteiger partial charge < -0.3 is 13.9 Å². The zero-order chi connectivity index (χ0) is 19.1. The summed E-state index contributed by atoms with van der Waals surface area (Å²) in [5.74, 6) is 2.16. The van der Waals surface area contributed by atoms with E-state index in [1.807, 2.05) is 36.6 Å². The summed E-state index contributed by atoms with van der Waals surface area (Å²) in [6.07, 6.45) is -0.454. The smallest absolute Gasteiger partial charge is 0.277 e. The highest BCUT2D eigenvalue weighted by Crippen LogP contribution is 2.36. The van der Waals surface area contributed by atoms with E-state index in [0.29, 0.717) is 45.6 Å². The predicted molar refractivity (Wildman–Crippen MR) is 103 cm³/mol. The summed E-state index contributed by atoms with van der Waals surface area (Å²) in [7, 11) is 0. The number of nitrogens with zero attached hydrogens (tertiary/aromatic N) is 4. The molecule has 0 saturated carbocycles. The third kappa shape index (κ3) is 3.14. The van der Waals surface area contributed by atoms with Crippen LogP contribution in [0.25, 0.3) is 4.96 Å². The van der Waals surface area contributed by atoms with Crippen molar-refractivity contribution in [3.63, 3.8) is 0 Å². The van der Waals surface area contributed by atoms with E-state index in [0.717, 1.165) is 5.69 Å². The molecule has 142 valence electrons. The minimum absolute atomic E-state index is 0.0861. The molecule has 28 heavy (non-hydrogen) atoms. The van der Waals surface area contributed by atoms with Gasteiger partial charge in [-0.2, -0.15) is 0 Å². The third-order valence-electron chi connectivity index (χ3n) is 4.18. The standard InChI is InChI=1S/C18H14N4O4S2/c1-10-8-27-17-19-11(6-15(23)22(10)17)9-28-18-21-20-16(26-18)14-7-24-12-4-2-3-5-13(12)25-14/h2-6,8,14H,7,9H2,1H3. The van der Waals surface area contributed by atoms with Crippen molar-refractivity contribution in [2.75, 3.05) is 6.61 Å². The summed E-state index contributed by atoms with van der Waals surface area (Å²) in [6.45, 7) is 2.19. The molecule has 0 radical (unpaired) electrons. The Bertz CT molecular complexity index is 1220. The Hall–Kier alpha value is -2.85. The van der Waals surface area contributed by atoms with Gasteiger partial charge in [-0.3, -0.25) is 9.20 Å². The quantitative estimate of drug-likeness (QED) is 0.470. The Morgan fingerprint density at radius 2 is 2.14 bits per heavy atom. The lowest BCUT2D eigenvalue weighted by Gasteiger charge is -2.23. The zero-order valence-electron chi connectivity index (χ0n) is 14.7. The van der Waals surface area contributed by atoms with E-state index in [9.17, 15) is 4.79 Å². The minimum atomic E-state index is -0.454. The van der Waals surface area contributed by atoms with Crippen LogP contribution >= 0.6 is 23.1 Å². The fourth-order valence-corrected chi connectivity index (χ4v) is 4.41. The molecular weight excluding hydrogens is 400 g/mol. The fourth-order valence-electron chi connectivity index (χ4n) is 2.86. The van der Waals surface area contributed by atoms with E-state index in [2.05, 4.69) is 15.2 Å². The van der Waals surface area contributed by atoms with Crippen LogP contribution in [0.15, 0.2) is 50.1 Å². The van der Waals surface area contributed by atoms with Crippen molar-refractivity contribution in [3.8, 4) is 11.5 Å². The summed E-state index contributed by atoms with van der Waals surface area (Å²) in [5.41, 5.74) is 1.47. The highest BCUT2D eigenvalue weighted by Gasteiger charge is 2.27. The van der Waals surface area contributed by atoms with Crippen molar-refractivity contribution >= 4 is 28.1 Å². The minimum Gasteiger partial charge on any atom is -0.485 e. The lowest BCUT2D eigenvalue weighted by molar-refractivity contribution is 0.0686. The van der Waals surface area contributed by atoms with Gasteiger partial charge in [0, 0.05) is 22.9 Å². The summed E-state index contributed by atoms with van der Waals surface area (Å²) >= 11 is 2.77. The second kappa shape index (κ2) is 6.95. The molecule has 0 bridgehead atoms. The molecule has 1 aliphatic rings. The van der Waals surface area contributed by atoms with Gasteiger partial charge in [0.15, 0.2) is 16.5 Å². The fraction of sp³-hybridized carbons (Fsp3) is 0.222. The number of para-hydroxylation sites is 2. The van der Waals surface area contributed by atoms with Crippen LogP contribution < -0.4 is 15.0 Å². The first-order chi connectivity index (χ1) is 13.7. The Labute approximate surface area is 167 Å². The molecule has 3 aromatic heterocycles. The normalized spacial score (nSPS) is 15.8. The largest absolute Gasteiger partial charge is 0.485 e. The second-order valence-electron chi connectivity index (χ2n) is 6.14. The number of rotatable bonds is 4. The lowest BCUT2D eigenvalue weighted by Crippen LogP contribution is -2.21. The van der Waals surface area contributed by atoms with Gasteiger partial charge in [0.05, 0.1) is 5.69 Å². The number of thioether (sulfide) groups is 1. The predicted octanol–water partition coefficient (Wildman–Crippen LogP) is 3.25. The molecule has 0 amide bonds. The Morgan fingerprint density at radius 1 is 1.29 bits per heavy atom. The number of aromatic nitrogens is 4. The molecule has 0 spiro atoms. The topological polar surface area (TPSA) is 91.8 Å². The monoisotopic (exact) mass is 414 g/mol. The third-order valence-corrected chi connectivity index (χ3v) is 5.97. The van der Waals surface area contributed by atoms with Crippen molar-refractivity contribution in [2.24, 2.45) is 0 Å². The zero-order valence-corrected chi connectivity index (χ0v) is 16.3. The first-order valence-electron chi connectivity index (χ1n) is 8.49.